The quantitative estimate of drug-likeness (QED) is 0.357. The van der Waals surface area contributed by atoms with E-state index in [9.17, 15) is 9.59 Å². The van der Waals surface area contributed by atoms with Crippen LogP contribution in [0.4, 0.5) is 5.69 Å². The molecule has 0 atom stereocenters. The zero-order chi connectivity index (χ0) is 21.1. The molecule has 0 spiro atoms. The lowest BCUT2D eigenvalue weighted by Gasteiger charge is -2.23. The first-order valence-corrected chi connectivity index (χ1v) is 10.2. The minimum Gasteiger partial charge on any atom is -0.497 e. The zero-order valence-corrected chi connectivity index (χ0v) is 17.8. The maximum atomic E-state index is 13.1. The number of hydrogen-bond donors (Lipinski definition) is 0. The molecule has 0 fully saturated rings. The van der Waals surface area contributed by atoms with Crippen LogP contribution < -0.4 is 9.64 Å². The Hall–Kier alpha value is -2.53. The molecule has 5 nitrogen and oxygen atoms in total. The zero-order valence-electron chi connectivity index (χ0n) is 17.0. The Morgan fingerprint density at radius 3 is 2.10 bits per heavy atom. The molecule has 1 amide bonds. The molecule has 0 unspecified atom stereocenters. The lowest BCUT2D eigenvalue weighted by Crippen LogP contribution is -2.31. The number of hydrogen-bond acceptors (Lipinski definition) is 4. The van der Waals surface area contributed by atoms with E-state index in [2.05, 4.69) is 4.74 Å². The molecule has 2 aromatic rings. The molecule has 0 aromatic heterocycles. The van der Waals surface area contributed by atoms with Crippen molar-refractivity contribution in [2.75, 3.05) is 25.7 Å². The minimum atomic E-state index is -0.163. The Kier molecular flexibility index (Phi) is 9.51. The molecule has 0 aliphatic carbocycles. The summed E-state index contributed by atoms with van der Waals surface area (Å²) in [6.45, 7) is 0.616. The van der Waals surface area contributed by atoms with E-state index in [1.54, 1.807) is 36.3 Å². The van der Waals surface area contributed by atoms with Gasteiger partial charge in [-0.1, -0.05) is 30.9 Å². The number of rotatable bonds is 11. The van der Waals surface area contributed by atoms with E-state index in [0.717, 1.165) is 43.5 Å². The summed E-state index contributed by atoms with van der Waals surface area (Å²) in [5.74, 6) is 0.528. The van der Waals surface area contributed by atoms with E-state index in [4.69, 9.17) is 16.3 Å². The van der Waals surface area contributed by atoms with Gasteiger partial charge in [0, 0.05) is 29.2 Å². The number of esters is 1. The Bertz CT molecular complexity index is 774. The number of amides is 1. The second-order valence-corrected chi connectivity index (χ2v) is 7.19. The van der Waals surface area contributed by atoms with Crippen molar-refractivity contribution in [1.29, 1.82) is 0 Å². The van der Waals surface area contributed by atoms with Gasteiger partial charge < -0.3 is 14.4 Å². The molecular formula is C23H28ClNO4. The average Bonchev–Trinajstić information content (AvgIpc) is 2.75. The van der Waals surface area contributed by atoms with E-state index in [0.29, 0.717) is 23.6 Å². The van der Waals surface area contributed by atoms with Gasteiger partial charge in [0.25, 0.3) is 5.91 Å². The lowest BCUT2D eigenvalue weighted by molar-refractivity contribution is -0.140. The summed E-state index contributed by atoms with van der Waals surface area (Å²) < 4.78 is 9.87. The van der Waals surface area contributed by atoms with Crippen molar-refractivity contribution in [3.8, 4) is 5.75 Å². The summed E-state index contributed by atoms with van der Waals surface area (Å²) in [6.07, 6.45) is 5.15. The number of benzene rings is 2. The van der Waals surface area contributed by atoms with Gasteiger partial charge in [0.05, 0.1) is 14.2 Å². The largest absolute Gasteiger partial charge is 0.497 e. The van der Waals surface area contributed by atoms with Crippen molar-refractivity contribution >= 4 is 29.2 Å². The topological polar surface area (TPSA) is 55.8 Å². The highest BCUT2D eigenvalue weighted by molar-refractivity contribution is 6.30. The molecule has 0 aliphatic heterocycles. The van der Waals surface area contributed by atoms with Gasteiger partial charge in [0.15, 0.2) is 0 Å². The van der Waals surface area contributed by atoms with Crippen molar-refractivity contribution in [3.63, 3.8) is 0 Å². The molecule has 2 aromatic carbocycles. The van der Waals surface area contributed by atoms with E-state index in [1.165, 1.54) is 7.11 Å². The van der Waals surface area contributed by atoms with E-state index in [-0.39, 0.29) is 11.9 Å². The number of carbonyl (C=O) groups is 2. The van der Waals surface area contributed by atoms with Crippen LogP contribution in [0.2, 0.25) is 5.02 Å². The van der Waals surface area contributed by atoms with Crippen LogP contribution in [0.5, 0.6) is 5.75 Å². The molecule has 0 N–H and O–H groups in total. The molecule has 29 heavy (non-hydrogen) atoms. The van der Waals surface area contributed by atoms with Gasteiger partial charge >= 0.3 is 5.97 Å². The van der Waals surface area contributed by atoms with E-state index in [1.807, 2.05) is 24.3 Å². The highest BCUT2D eigenvalue weighted by Gasteiger charge is 2.17. The van der Waals surface area contributed by atoms with Crippen LogP contribution in [0, 0.1) is 0 Å². The fraction of sp³-hybridized carbons (Fsp3) is 0.391. The first kappa shape index (κ1) is 22.8. The van der Waals surface area contributed by atoms with Crippen molar-refractivity contribution in [1.82, 2.24) is 0 Å². The van der Waals surface area contributed by atoms with Gasteiger partial charge in [-0.25, -0.2) is 0 Å². The lowest BCUT2D eigenvalue weighted by atomic mass is 10.1. The summed E-state index contributed by atoms with van der Waals surface area (Å²) in [7, 11) is 3.03. The molecule has 2 rings (SSSR count). The number of unbranched alkanes of at least 4 members (excludes halogenated alkanes) is 4. The number of anilines is 1. The van der Waals surface area contributed by atoms with Gasteiger partial charge in [0.2, 0.25) is 0 Å². The summed E-state index contributed by atoms with van der Waals surface area (Å²) >= 11 is 5.95. The first-order valence-electron chi connectivity index (χ1n) is 9.83. The maximum absolute atomic E-state index is 13.1. The smallest absolute Gasteiger partial charge is 0.305 e. The third-order valence-electron chi connectivity index (χ3n) is 4.71. The van der Waals surface area contributed by atoms with Crippen LogP contribution in [0.15, 0.2) is 48.5 Å². The van der Waals surface area contributed by atoms with Crippen molar-refractivity contribution < 1.29 is 19.1 Å². The fourth-order valence-corrected chi connectivity index (χ4v) is 3.16. The highest BCUT2D eigenvalue weighted by atomic mass is 35.5. The molecule has 0 aliphatic rings. The van der Waals surface area contributed by atoms with Crippen LogP contribution in [0.3, 0.4) is 0 Å². The van der Waals surface area contributed by atoms with Gasteiger partial charge in [0.1, 0.15) is 5.75 Å². The van der Waals surface area contributed by atoms with Crippen LogP contribution in [0.25, 0.3) is 0 Å². The standard InChI is InChI=1S/C23H28ClNO4/c1-28-21-15-13-20(14-16-21)25(23(27)18-9-11-19(24)12-10-18)17-7-5-3-4-6-8-22(26)29-2/h9-16H,3-8,17H2,1-2H3. The summed E-state index contributed by atoms with van der Waals surface area (Å²) in [5, 5.41) is 0.601. The van der Waals surface area contributed by atoms with E-state index < -0.39 is 0 Å². The fourth-order valence-electron chi connectivity index (χ4n) is 3.03. The summed E-state index contributed by atoms with van der Waals surface area (Å²) in [6, 6.07) is 14.4. The van der Waals surface area contributed by atoms with Gasteiger partial charge in [-0.3, -0.25) is 9.59 Å². The van der Waals surface area contributed by atoms with Crippen LogP contribution in [-0.4, -0.2) is 32.6 Å². The minimum absolute atomic E-state index is 0.0578. The number of carbonyl (C=O) groups excluding carboxylic acids is 2. The van der Waals surface area contributed by atoms with Crippen LogP contribution in [-0.2, 0) is 9.53 Å². The molecule has 0 saturated heterocycles. The number of nitrogens with zero attached hydrogens (tertiary/aromatic N) is 1. The Morgan fingerprint density at radius 2 is 1.48 bits per heavy atom. The second-order valence-electron chi connectivity index (χ2n) is 6.76. The average molecular weight is 418 g/mol. The molecule has 0 bridgehead atoms. The Labute approximate surface area is 177 Å². The predicted molar refractivity (Wildman–Crippen MR) is 116 cm³/mol. The van der Waals surface area contributed by atoms with Crippen LogP contribution >= 0.6 is 11.6 Å². The van der Waals surface area contributed by atoms with Gasteiger partial charge in [-0.05, 0) is 61.4 Å². The van der Waals surface area contributed by atoms with Crippen molar-refractivity contribution in [2.45, 2.75) is 38.5 Å². The predicted octanol–water partition coefficient (Wildman–Crippen LogP) is 5.51. The molecular weight excluding hydrogens is 390 g/mol. The Balaban J connectivity index is 1.96. The van der Waals surface area contributed by atoms with Gasteiger partial charge in [-0.15, -0.1) is 0 Å². The maximum Gasteiger partial charge on any atom is 0.305 e. The summed E-state index contributed by atoms with van der Waals surface area (Å²) in [4.78, 5) is 26.0. The third-order valence-corrected chi connectivity index (χ3v) is 4.96. The molecule has 0 heterocycles. The second kappa shape index (κ2) is 12.1. The number of halogens is 1. The van der Waals surface area contributed by atoms with E-state index >= 15 is 0 Å². The Morgan fingerprint density at radius 1 is 0.862 bits per heavy atom. The molecule has 6 heteroatoms. The van der Waals surface area contributed by atoms with Crippen molar-refractivity contribution in [2.24, 2.45) is 0 Å². The van der Waals surface area contributed by atoms with Crippen molar-refractivity contribution in [3.05, 3.63) is 59.1 Å². The van der Waals surface area contributed by atoms with Gasteiger partial charge in [-0.2, -0.15) is 0 Å². The van der Waals surface area contributed by atoms with Crippen LogP contribution in [0.1, 0.15) is 48.9 Å². The molecule has 0 saturated carbocycles. The molecule has 0 radical (unpaired) electrons. The SMILES string of the molecule is COC(=O)CCCCCCCN(C(=O)c1ccc(Cl)cc1)c1ccc(OC)cc1. The monoisotopic (exact) mass is 417 g/mol. The normalized spacial score (nSPS) is 10.4. The highest BCUT2D eigenvalue weighted by Crippen LogP contribution is 2.23. The summed E-state index contributed by atoms with van der Waals surface area (Å²) in [5.41, 5.74) is 1.43. The third kappa shape index (κ3) is 7.42. The number of ether oxygens (including phenoxy) is 2. The number of methoxy groups -OCH3 is 2. The molecule has 156 valence electrons. The first-order chi connectivity index (χ1) is 14.0.